The molecule has 0 bridgehead atoms. The van der Waals surface area contributed by atoms with E-state index in [4.69, 9.17) is 16.3 Å². The molecule has 0 amide bonds. The summed E-state index contributed by atoms with van der Waals surface area (Å²) in [6, 6.07) is 7.37. The first-order valence-electron chi connectivity index (χ1n) is 5.59. The average Bonchev–Trinajstić information content (AvgIpc) is 2.43. The smallest absolute Gasteiger partial charge is 0.233 e. The summed E-state index contributed by atoms with van der Waals surface area (Å²) in [4.78, 5) is 0. The van der Waals surface area contributed by atoms with Crippen molar-refractivity contribution in [1.29, 1.82) is 0 Å². The molecule has 19 heavy (non-hydrogen) atoms. The highest BCUT2D eigenvalue weighted by Crippen LogP contribution is 2.21. The highest BCUT2D eigenvalue weighted by molar-refractivity contribution is 6.30. The Bertz CT molecular complexity index is 563. The van der Waals surface area contributed by atoms with Crippen molar-refractivity contribution in [3.05, 3.63) is 52.4 Å². The summed E-state index contributed by atoms with van der Waals surface area (Å²) in [5.74, 6) is -0.0604. The van der Waals surface area contributed by atoms with Crippen LogP contribution < -0.4 is 4.74 Å². The van der Waals surface area contributed by atoms with Crippen LogP contribution >= 0.6 is 11.6 Å². The van der Waals surface area contributed by atoms with Gasteiger partial charge in [0.25, 0.3) is 0 Å². The molecule has 1 N–H and O–H groups in total. The Morgan fingerprint density at radius 1 is 1.32 bits per heavy atom. The van der Waals surface area contributed by atoms with Crippen molar-refractivity contribution in [2.45, 2.75) is 12.5 Å². The predicted octanol–water partition coefficient (Wildman–Crippen LogP) is 2.55. The van der Waals surface area contributed by atoms with Gasteiger partial charge in [-0.15, -0.1) is 10.2 Å². The van der Waals surface area contributed by atoms with Crippen LogP contribution in [-0.4, -0.2) is 22.4 Å². The minimum atomic E-state index is -0.952. The minimum absolute atomic E-state index is 0.0768. The lowest BCUT2D eigenvalue weighted by Gasteiger charge is -2.10. The number of ether oxygens (including phenoxy) is 1. The molecule has 6 heteroatoms. The molecule has 1 unspecified atom stereocenters. The molecule has 1 aromatic heterocycles. The van der Waals surface area contributed by atoms with Gasteiger partial charge in [0, 0.05) is 17.5 Å². The van der Waals surface area contributed by atoms with Gasteiger partial charge in [-0.3, -0.25) is 0 Å². The Morgan fingerprint density at radius 2 is 2.11 bits per heavy atom. The summed E-state index contributed by atoms with van der Waals surface area (Å²) in [5.41, 5.74) is 0.679. The lowest BCUT2D eigenvalue weighted by molar-refractivity contribution is 0.170. The van der Waals surface area contributed by atoms with Crippen molar-refractivity contribution >= 4 is 11.6 Å². The van der Waals surface area contributed by atoms with E-state index in [1.807, 2.05) is 0 Å². The molecule has 0 fully saturated rings. The van der Waals surface area contributed by atoms with E-state index in [2.05, 4.69) is 10.2 Å². The Balaban J connectivity index is 2.15. The van der Waals surface area contributed by atoms with Crippen molar-refractivity contribution in [3.63, 3.8) is 0 Å². The summed E-state index contributed by atoms with van der Waals surface area (Å²) >= 11 is 5.79. The van der Waals surface area contributed by atoms with Crippen molar-refractivity contribution in [3.8, 4) is 5.88 Å². The van der Waals surface area contributed by atoms with E-state index >= 15 is 0 Å². The molecule has 1 aromatic carbocycles. The molecule has 0 spiro atoms. The van der Waals surface area contributed by atoms with E-state index in [-0.39, 0.29) is 6.42 Å². The molecule has 0 aliphatic heterocycles. The summed E-state index contributed by atoms with van der Waals surface area (Å²) in [6.07, 6.45) is -0.876. The predicted molar refractivity (Wildman–Crippen MR) is 68.7 cm³/mol. The normalized spacial score (nSPS) is 12.2. The van der Waals surface area contributed by atoms with Gasteiger partial charge in [-0.2, -0.15) is 0 Å². The topological polar surface area (TPSA) is 55.2 Å². The number of aromatic nitrogens is 2. The maximum atomic E-state index is 13.5. The maximum absolute atomic E-state index is 13.5. The summed E-state index contributed by atoms with van der Waals surface area (Å²) in [7, 11) is 1.47. The zero-order valence-electron chi connectivity index (χ0n) is 10.2. The number of halogens is 2. The number of methoxy groups -OCH3 is 1. The van der Waals surface area contributed by atoms with Crippen molar-refractivity contribution in [2.24, 2.45) is 0 Å². The zero-order valence-corrected chi connectivity index (χ0v) is 10.9. The second-order valence-corrected chi connectivity index (χ2v) is 4.39. The third kappa shape index (κ3) is 3.39. The molecule has 0 saturated carbocycles. The third-order valence-electron chi connectivity index (χ3n) is 2.63. The van der Waals surface area contributed by atoms with E-state index < -0.39 is 11.9 Å². The van der Waals surface area contributed by atoms with Gasteiger partial charge in [-0.25, -0.2) is 4.39 Å². The van der Waals surface area contributed by atoms with Gasteiger partial charge in [0.2, 0.25) is 5.88 Å². The third-order valence-corrected chi connectivity index (χ3v) is 2.87. The fourth-order valence-electron chi connectivity index (χ4n) is 1.63. The van der Waals surface area contributed by atoms with Gasteiger partial charge in [-0.1, -0.05) is 11.6 Å². The zero-order chi connectivity index (χ0) is 13.8. The number of nitrogens with zero attached hydrogens (tertiary/aromatic N) is 2. The van der Waals surface area contributed by atoms with Crippen LogP contribution in [0, 0.1) is 5.82 Å². The van der Waals surface area contributed by atoms with Crippen LogP contribution in [0.4, 0.5) is 4.39 Å². The molecule has 4 nitrogen and oxygen atoms in total. The van der Waals surface area contributed by atoms with E-state index in [0.717, 1.165) is 0 Å². The summed E-state index contributed by atoms with van der Waals surface area (Å²) < 4.78 is 18.4. The standard InChI is InChI=1S/C13H12ClFN2O2/c1-19-13-5-4-11(16-17-13)12(18)7-8-6-9(14)2-3-10(8)15/h2-6,12,18H,7H2,1H3. The molecule has 1 heterocycles. The molecule has 0 radical (unpaired) electrons. The van der Waals surface area contributed by atoms with Crippen LogP contribution in [0.5, 0.6) is 5.88 Å². The van der Waals surface area contributed by atoms with Crippen molar-refractivity contribution in [1.82, 2.24) is 10.2 Å². The number of hydrogen-bond acceptors (Lipinski definition) is 4. The fourth-order valence-corrected chi connectivity index (χ4v) is 1.82. The van der Waals surface area contributed by atoms with Gasteiger partial charge in [0.05, 0.1) is 12.8 Å². The van der Waals surface area contributed by atoms with Crippen LogP contribution in [0.25, 0.3) is 0 Å². The largest absolute Gasteiger partial charge is 0.480 e. The second-order valence-electron chi connectivity index (χ2n) is 3.96. The van der Waals surface area contributed by atoms with Crippen LogP contribution in [0.3, 0.4) is 0 Å². The number of aliphatic hydroxyl groups excluding tert-OH is 1. The Hall–Kier alpha value is -1.72. The van der Waals surface area contributed by atoms with E-state index in [1.165, 1.54) is 25.3 Å². The highest BCUT2D eigenvalue weighted by Gasteiger charge is 2.14. The second kappa shape index (κ2) is 5.95. The van der Waals surface area contributed by atoms with Crippen LogP contribution in [0.2, 0.25) is 5.02 Å². The van der Waals surface area contributed by atoms with Crippen LogP contribution in [-0.2, 0) is 6.42 Å². The minimum Gasteiger partial charge on any atom is -0.480 e. The fraction of sp³-hybridized carbons (Fsp3) is 0.231. The van der Waals surface area contributed by atoms with E-state index in [1.54, 1.807) is 12.1 Å². The SMILES string of the molecule is COc1ccc(C(O)Cc2cc(Cl)ccc2F)nn1. The molecule has 0 aliphatic carbocycles. The lowest BCUT2D eigenvalue weighted by atomic mass is 10.1. The lowest BCUT2D eigenvalue weighted by Crippen LogP contribution is -2.07. The Labute approximate surface area is 114 Å². The molecule has 100 valence electrons. The first-order valence-corrected chi connectivity index (χ1v) is 5.97. The van der Waals surface area contributed by atoms with Crippen LogP contribution in [0.1, 0.15) is 17.4 Å². The Kier molecular flexibility index (Phi) is 4.29. The molecule has 0 aliphatic rings. The maximum Gasteiger partial charge on any atom is 0.233 e. The highest BCUT2D eigenvalue weighted by atomic mass is 35.5. The number of aliphatic hydroxyl groups is 1. The number of rotatable bonds is 4. The summed E-state index contributed by atoms with van der Waals surface area (Å²) in [6.45, 7) is 0. The first-order chi connectivity index (χ1) is 9.10. The molecule has 2 rings (SSSR count). The molecule has 1 atom stereocenters. The average molecular weight is 283 g/mol. The van der Waals surface area contributed by atoms with E-state index in [0.29, 0.717) is 22.2 Å². The molecular formula is C13H12ClFN2O2. The molecule has 0 saturated heterocycles. The van der Waals surface area contributed by atoms with Crippen molar-refractivity contribution in [2.75, 3.05) is 7.11 Å². The first kappa shape index (κ1) is 13.7. The molecule has 2 aromatic rings. The van der Waals surface area contributed by atoms with Gasteiger partial charge in [0.1, 0.15) is 11.9 Å². The number of hydrogen-bond donors (Lipinski definition) is 1. The summed E-state index contributed by atoms with van der Waals surface area (Å²) in [5, 5.41) is 18.0. The van der Waals surface area contributed by atoms with Gasteiger partial charge in [-0.05, 0) is 29.8 Å². The number of benzene rings is 1. The van der Waals surface area contributed by atoms with Gasteiger partial charge >= 0.3 is 0 Å². The molecular weight excluding hydrogens is 271 g/mol. The quantitative estimate of drug-likeness (QED) is 0.936. The monoisotopic (exact) mass is 282 g/mol. The van der Waals surface area contributed by atoms with Crippen molar-refractivity contribution < 1.29 is 14.2 Å². The van der Waals surface area contributed by atoms with Crippen LogP contribution in [0.15, 0.2) is 30.3 Å². The van der Waals surface area contributed by atoms with Gasteiger partial charge in [0.15, 0.2) is 0 Å². The van der Waals surface area contributed by atoms with Gasteiger partial charge < -0.3 is 9.84 Å². The Morgan fingerprint density at radius 3 is 2.74 bits per heavy atom. The van der Waals surface area contributed by atoms with E-state index in [9.17, 15) is 9.50 Å².